The Bertz CT molecular complexity index is 1340. The zero-order valence-electron chi connectivity index (χ0n) is 18.1. The van der Waals surface area contributed by atoms with Crippen molar-refractivity contribution in [1.82, 2.24) is 19.5 Å². The van der Waals surface area contributed by atoms with Gasteiger partial charge >= 0.3 is 5.69 Å². The molecule has 32 heavy (non-hydrogen) atoms. The monoisotopic (exact) mass is 432 g/mol. The number of nitrogens with zero attached hydrogens (tertiary/aromatic N) is 4. The van der Waals surface area contributed by atoms with Crippen LogP contribution in [0.2, 0.25) is 0 Å². The fraction of sp³-hybridized carbons (Fsp3) is 0.217. The van der Waals surface area contributed by atoms with Gasteiger partial charge < -0.3 is 19.8 Å². The van der Waals surface area contributed by atoms with Crippen molar-refractivity contribution in [1.29, 1.82) is 0 Å². The standard InChI is InChI=1S/C23H24N6O3/c1-24-19-20-22(29(23(30)28-20)13-16-6-10-18(32-3)11-7-16)27-14-26-21(19)25-12-15-4-8-17(31-2)9-5-15/h4-11,14H,12-13H2,1-3H3,(H,28,30)(H,24,25,26,27). The summed E-state index contributed by atoms with van der Waals surface area (Å²) in [5.74, 6) is 1.55. The highest BCUT2D eigenvalue weighted by Crippen LogP contribution is 2.16. The van der Waals surface area contributed by atoms with E-state index in [2.05, 4.69) is 25.3 Å². The second-order valence-corrected chi connectivity index (χ2v) is 7.05. The van der Waals surface area contributed by atoms with Gasteiger partial charge in [0.15, 0.2) is 11.1 Å². The number of hydrogen-bond donors (Lipinski definition) is 2. The lowest BCUT2D eigenvalue weighted by atomic mass is 10.2. The molecule has 0 aliphatic carbocycles. The summed E-state index contributed by atoms with van der Waals surface area (Å²) in [5, 5.41) is 3.12. The van der Waals surface area contributed by atoms with Crippen molar-refractivity contribution in [3.05, 3.63) is 82.0 Å². The second-order valence-electron chi connectivity index (χ2n) is 7.05. The maximum atomic E-state index is 12.7. The summed E-state index contributed by atoms with van der Waals surface area (Å²) in [6, 6.07) is 15.2. The first-order valence-corrected chi connectivity index (χ1v) is 10.0. The Balaban J connectivity index is 1.74. The topological polar surface area (TPSA) is 106 Å². The molecule has 0 atom stereocenters. The van der Waals surface area contributed by atoms with Crippen LogP contribution < -0.4 is 26.0 Å². The van der Waals surface area contributed by atoms with Crippen LogP contribution in [0.1, 0.15) is 11.1 Å². The zero-order valence-corrected chi connectivity index (χ0v) is 18.1. The van der Waals surface area contributed by atoms with Gasteiger partial charge in [-0.05, 0) is 35.4 Å². The van der Waals surface area contributed by atoms with E-state index in [1.807, 2.05) is 48.5 Å². The average Bonchev–Trinajstić information content (AvgIpc) is 3.02. The van der Waals surface area contributed by atoms with Crippen molar-refractivity contribution >= 4 is 16.9 Å². The van der Waals surface area contributed by atoms with Crippen LogP contribution in [0.4, 0.5) is 5.69 Å². The first kappa shape index (κ1) is 21.1. The summed E-state index contributed by atoms with van der Waals surface area (Å²) >= 11 is 0. The Labute approximate surface area is 184 Å². The largest absolute Gasteiger partial charge is 0.497 e. The molecule has 9 nitrogen and oxygen atoms in total. The van der Waals surface area contributed by atoms with Crippen molar-refractivity contribution in [3.63, 3.8) is 0 Å². The summed E-state index contributed by atoms with van der Waals surface area (Å²) < 4.78 is 12.0. The minimum absolute atomic E-state index is 0.257. The molecular weight excluding hydrogens is 408 g/mol. The third kappa shape index (κ3) is 4.31. The molecule has 9 heteroatoms. The summed E-state index contributed by atoms with van der Waals surface area (Å²) in [4.78, 5) is 29.1. The van der Waals surface area contributed by atoms with Gasteiger partial charge in [0.1, 0.15) is 29.0 Å². The van der Waals surface area contributed by atoms with Gasteiger partial charge in [-0.25, -0.2) is 14.8 Å². The molecule has 2 heterocycles. The van der Waals surface area contributed by atoms with Gasteiger partial charge in [0.25, 0.3) is 0 Å². The highest BCUT2D eigenvalue weighted by Gasteiger charge is 2.13. The van der Waals surface area contributed by atoms with E-state index in [9.17, 15) is 4.79 Å². The molecule has 164 valence electrons. The van der Waals surface area contributed by atoms with E-state index in [4.69, 9.17) is 9.47 Å². The molecule has 0 bridgehead atoms. The molecule has 0 amide bonds. The van der Waals surface area contributed by atoms with E-state index in [1.54, 1.807) is 25.8 Å². The highest BCUT2D eigenvalue weighted by molar-refractivity contribution is 5.83. The van der Waals surface area contributed by atoms with Crippen LogP contribution in [0.3, 0.4) is 0 Å². The molecule has 0 fully saturated rings. The lowest BCUT2D eigenvalue weighted by Gasteiger charge is -2.04. The molecule has 4 rings (SSSR count). The van der Waals surface area contributed by atoms with Crippen molar-refractivity contribution in [2.45, 2.75) is 13.1 Å². The van der Waals surface area contributed by atoms with E-state index in [0.29, 0.717) is 35.4 Å². The van der Waals surface area contributed by atoms with Crippen LogP contribution in [0, 0.1) is 0 Å². The fourth-order valence-corrected chi connectivity index (χ4v) is 3.40. The van der Waals surface area contributed by atoms with Gasteiger partial charge in [-0.2, -0.15) is 0 Å². The quantitative estimate of drug-likeness (QED) is 0.464. The predicted molar refractivity (Wildman–Crippen MR) is 122 cm³/mol. The lowest BCUT2D eigenvalue weighted by Crippen LogP contribution is -2.18. The van der Waals surface area contributed by atoms with Gasteiger partial charge in [0.2, 0.25) is 0 Å². The Hall–Kier alpha value is -4.14. The smallest absolute Gasteiger partial charge is 0.328 e. The van der Waals surface area contributed by atoms with Crippen molar-refractivity contribution in [3.8, 4) is 11.5 Å². The number of nitrogens with one attached hydrogen (secondary N) is 2. The Kier molecular flexibility index (Phi) is 6.16. The van der Waals surface area contributed by atoms with Crippen molar-refractivity contribution in [2.24, 2.45) is 4.99 Å². The zero-order chi connectivity index (χ0) is 22.5. The van der Waals surface area contributed by atoms with E-state index in [-0.39, 0.29) is 5.69 Å². The fourth-order valence-electron chi connectivity index (χ4n) is 3.40. The molecule has 0 spiro atoms. The number of rotatable bonds is 7. The normalized spacial score (nSPS) is 11.5. The van der Waals surface area contributed by atoms with Crippen LogP contribution in [-0.4, -0.2) is 40.8 Å². The number of ether oxygens (including phenoxy) is 2. The van der Waals surface area contributed by atoms with Crippen LogP contribution in [0.25, 0.3) is 11.2 Å². The second kappa shape index (κ2) is 9.34. The highest BCUT2D eigenvalue weighted by atomic mass is 16.5. The molecule has 0 aliphatic rings. The molecule has 0 radical (unpaired) electrons. The minimum Gasteiger partial charge on any atom is -0.497 e. The maximum absolute atomic E-state index is 12.7. The summed E-state index contributed by atoms with van der Waals surface area (Å²) in [5.41, 5.74) is 3.82. The molecule has 0 unspecified atom stereocenters. The maximum Gasteiger partial charge on any atom is 0.328 e. The molecule has 4 aromatic rings. The molecule has 2 aromatic carbocycles. The van der Waals surface area contributed by atoms with Gasteiger partial charge in [-0.3, -0.25) is 9.56 Å². The Morgan fingerprint density at radius 3 is 2.19 bits per heavy atom. The number of aromatic amines is 1. The van der Waals surface area contributed by atoms with E-state index >= 15 is 0 Å². The van der Waals surface area contributed by atoms with Crippen molar-refractivity contribution < 1.29 is 9.47 Å². The number of anilines is 1. The van der Waals surface area contributed by atoms with E-state index < -0.39 is 0 Å². The van der Waals surface area contributed by atoms with Crippen LogP contribution >= 0.6 is 0 Å². The van der Waals surface area contributed by atoms with Crippen LogP contribution in [0.5, 0.6) is 11.5 Å². The summed E-state index contributed by atoms with van der Waals surface area (Å²) in [7, 11) is 5.01. The number of hydrogen-bond acceptors (Lipinski definition) is 7. The van der Waals surface area contributed by atoms with Gasteiger partial charge in [0.05, 0.1) is 27.3 Å². The average molecular weight is 432 g/mol. The Morgan fingerprint density at radius 1 is 0.969 bits per heavy atom. The summed E-state index contributed by atoms with van der Waals surface area (Å²) in [6.45, 7) is 0.787. The van der Waals surface area contributed by atoms with Gasteiger partial charge in [0, 0.05) is 7.05 Å². The lowest BCUT2D eigenvalue weighted by molar-refractivity contribution is 0.414. The number of methoxy groups -OCH3 is 2. The molecule has 0 saturated carbocycles. The van der Waals surface area contributed by atoms with E-state index in [0.717, 1.165) is 22.6 Å². The third-order valence-corrected chi connectivity index (χ3v) is 5.11. The van der Waals surface area contributed by atoms with Crippen molar-refractivity contribution in [2.75, 3.05) is 26.6 Å². The molecule has 2 aromatic heterocycles. The third-order valence-electron chi connectivity index (χ3n) is 5.11. The molecule has 2 N–H and O–H groups in total. The van der Waals surface area contributed by atoms with Gasteiger partial charge in [-0.1, -0.05) is 24.3 Å². The van der Waals surface area contributed by atoms with E-state index in [1.165, 1.54) is 6.33 Å². The number of fused-ring (bicyclic) bond motifs is 1. The first-order chi connectivity index (χ1) is 15.6. The Morgan fingerprint density at radius 2 is 1.59 bits per heavy atom. The number of aromatic nitrogens is 4. The number of H-pyrrole nitrogens is 1. The predicted octanol–water partition coefficient (Wildman–Crippen LogP) is 2.33. The molecular formula is C23H24N6O3. The first-order valence-electron chi connectivity index (χ1n) is 10.0. The summed E-state index contributed by atoms with van der Waals surface area (Å²) in [6.07, 6.45) is 1.42. The number of imidazole rings is 1. The van der Waals surface area contributed by atoms with Crippen LogP contribution in [-0.2, 0) is 13.1 Å². The molecule has 0 saturated heterocycles. The number of benzene rings is 2. The minimum atomic E-state index is -0.257. The van der Waals surface area contributed by atoms with Crippen LogP contribution in [0.15, 0.2) is 64.6 Å². The SMILES string of the molecule is CNc1c(=NCc2ccc(OC)cc2)ncnc2c1[nH]c(=O)n2Cc1ccc(OC)cc1. The van der Waals surface area contributed by atoms with Gasteiger partial charge in [-0.15, -0.1) is 0 Å². The molecule has 0 aliphatic heterocycles.